The van der Waals surface area contributed by atoms with Gasteiger partial charge in [0.1, 0.15) is 6.10 Å². The van der Waals surface area contributed by atoms with E-state index in [2.05, 4.69) is 20.7 Å². The van der Waals surface area contributed by atoms with Crippen molar-refractivity contribution in [2.45, 2.75) is 19.6 Å². The van der Waals surface area contributed by atoms with Gasteiger partial charge in [-0.2, -0.15) is 5.10 Å². The summed E-state index contributed by atoms with van der Waals surface area (Å²) in [6, 6.07) is 13.6. The van der Waals surface area contributed by atoms with E-state index >= 15 is 0 Å². The highest BCUT2D eigenvalue weighted by Gasteiger charge is 2.11. The summed E-state index contributed by atoms with van der Waals surface area (Å²) in [4.78, 5) is 5.40. The molecule has 0 bridgehead atoms. The lowest BCUT2D eigenvalue weighted by atomic mass is 10.3. The third-order valence-electron chi connectivity index (χ3n) is 3.81. The average molecular weight is 404 g/mol. The van der Waals surface area contributed by atoms with Crippen molar-refractivity contribution in [3.05, 3.63) is 69.6 Å². The largest absolute Gasteiger partial charge is 0.386 e. The van der Waals surface area contributed by atoms with Crippen molar-refractivity contribution in [1.82, 2.24) is 20.4 Å². The van der Waals surface area contributed by atoms with Crippen LogP contribution in [0.1, 0.15) is 23.5 Å². The van der Waals surface area contributed by atoms with E-state index in [9.17, 15) is 5.11 Å². The summed E-state index contributed by atoms with van der Waals surface area (Å²) in [5.41, 5.74) is 2.01. The Balaban J connectivity index is 1.59. The topological polar surface area (TPSA) is 74.5 Å². The fraction of sp³-hybridized carbons (Fsp3) is 0.263. The second kappa shape index (κ2) is 9.55. The van der Waals surface area contributed by atoms with Crippen LogP contribution in [-0.2, 0) is 6.54 Å². The molecule has 3 N–H and O–H groups in total. The number of nitrogens with zero attached hydrogens (tertiary/aromatic N) is 3. The number of halogens is 1. The van der Waals surface area contributed by atoms with Gasteiger partial charge in [0.25, 0.3) is 0 Å². The first-order chi connectivity index (χ1) is 13.2. The van der Waals surface area contributed by atoms with Crippen molar-refractivity contribution >= 4 is 28.9 Å². The van der Waals surface area contributed by atoms with E-state index in [1.807, 2.05) is 60.4 Å². The molecule has 0 saturated heterocycles. The van der Waals surface area contributed by atoms with Crippen LogP contribution in [0.5, 0.6) is 0 Å². The summed E-state index contributed by atoms with van der Waals surface area (Å²) in [6.45, 7) is 3.57. The van der Waals surface area contributed by atoms with Crippen molar-refractivity contribution in [1.29, 1.82) is 0 Å². The molecule has 3 aromatic rings. The van der Waals surface area contributed by atoms with Crippen molar-refractivity contribution in [3.8, 4) is 5.69 Å². The maximum atomic E-state index is 10.3. The number of nitrogens with one attached hydrogen (secondary N) is 2. The molecule has 0 aliphatic heterocycles. The highest BCUT2D eigenvalue weighted by molar-refractivity contribution is 7.16. The number of aliphatic imine (C=N–C) groups is 1. The quantitative estimate of drug-likeness (QED) is 0.417. The number of thiophene rings is 1. The van der Waals surface area contributed by atoms with E-state index in [-0.39, 0.29) is 0 Å². The van der Waals surface area contributed by atoms with Crippen LogP contribution in [-0.4, -0.2) is 33.9 Å². The predicted octanol–water partition coefficient (Wildman–Crippen LogP) is 3.38. The average Bonchev–Trinajstić information content (AvgIpc) is 3.33. The van der Waals surface area contributed by atoms with Crippen LogP contribution in [0.4, 0.5) is 0 Å². The van der Waals surface area contributed by atoms with Gasteiger partial charge in [-0.3, -0.25) is 0 Å². The summed E-state index contributed by atoms with van der Waals surface area (Å²) in [5, 5.41) is 21.0. The monoisotopic (exact) mass is 403 g/mol. The molecule has 1 unspecified atom stereocenters. The second-order valence-corrected chi connectivity index (χ2v) is 7.61. The number of hydrogen-bond donors (Lipinski definition) is 3. The van der Waals surface area contributed by atoms with Gasteiger partial charge in [-0.15, -0.1) is 11.3 Å². The van der Waals surface area contributed by atoms with Gasteiger partial charge in [-0.25, -0.2) is 9.67 Å². The van der Waals surface area contributed by atoms with Gasteiger partial charge in [0, 0.05) is 29.7 Å². The third kappa shape index (κ3) is 5.56. The molecule has 1 atom stereocenters. The Morgan fingerprint density at radius 3 is 2.78 bits per heavy atom. The Labute approximate surface area is 167 Å². The predicted molar refractivity (Wildman–Crippen MR) is 111 cm³/mol. The van der Waals surface area contributed by atoms with E-state index in [0.717, 1.165) is 22.7 Å². The van der Waals surface area contributed by atoms with E-state index in [1.165, 1.54) is 11.3 Å². The van der Waals surface area contributed by atoms with Gasteiger partial charge < -0.3 is 15.7 Å². The summed E-state index contributed by atoms with van der Waals surface area (Å²) in [5.74, 6) is 0.645. The normalized spacial score (nSPS) is 12.8. The molecule has 8 heteroatoms. The minimum Gasteiger partial charge on any atom is -0.386 e. The molecule has 0 aliphatic rings. The first-order valence-corrected chi connectivity index (χ1v) is 9.89. The molecule has 0 spiro atoms. The van der Waals surface area contributed by atoms with Gasteiger partial charge in [0.05, 0.1) is 22.8 Å². The summed E-state index contributed by atoms with van der Waals surface area (Å²) in [6.07, 6.45) is 3.14. The Morgan fingerprint density at radius 2 is 2.07 bits per heavy atom. The van der Waals surface area contributed by atoms with Crippen LogP contribution in [0.2, 0.25) is 4.34 Å². The zero-order valence-electron chi connectivity index (χ0n) is 15.0. The summed E-state index contributed by atoms with van der Waals surface area (Å²) in [7, 11) is 0. The molecule has 0 amide bonds. The van der Waals surface area contributed by atoms with Gasteiger partial charge in [0.2, 0.25) is 0 Å². The summed E-state index contributed by atoms with van der Waals surface area (Å²) >= 11 is 7.30. The van der Waals surface area contributed by atoms with Gasteiger partial charge in [-0.1, -0.05) is 29.8 Å². The lowest BCUT2D eigenvalue weighted by molar-refractivity contribution is 0.184. The fourth-order valence-corrected chi connectivity index (χ4v) is 3.52. The molecule has 0 radical (unpaired) electrons. The van der Waals surface area contributed by atoms with Gasteiger partial charge in [0.15, 0.2) is 5.96 Å². The number of aliphatic hydroxyl groups is 1. The molecule has 0 saturated carbocycles. The molecule has 3 rings (SSSR count). The van der Waals surface area contributed by atoms with Gasteiger partial charge >= 0.3 is 0 Å². The van der Waals surface area contributed by atoms with Crippen LogP contribution in [0.3, 0.4) is 0 Å². The zero-order chi connectivity index (χ0) is 19.1. The van der Waals surface area contributed by atoms with Crippen molar-refractivity contribution in [3.63, 3.8) is 0 Å². The molecule has 0 aliphatic carbocycles. The number of aromatic nitrogens is 2. The van der Waals surface area contributed by atoms with Crippen LogP contribution in [0.15, 0.2) is 59.9 Å². The molecule has 6 nitrogen and oxygen atoms in total. The molecular formula is C19H22ClN5OS. The first-order valence-electron chi connectivity index (χ1n) is 8.70. The Hall–Kier alpha value is -2.35. The van der Waals surface area contributed by atoms with Gasteiger partial charge in [-0.05, 0) is 31.2 Å². The number of benzene rings is 1. The lowest BCUT2D eigenvalue weighted by Gasteiger charge is -2.14. The Morgan fingerprint density at radius 1 is 1.26 bits per heavy atom. The number of hydrogen-bond acceptors (Lipinski definition) is 4. The van der Waals surface area contributed by atoms with Crippen LogP contribution in [0, 0.1) is 0 Å². The maximum absolute atomic E-state index is 10.3. The number of aliphatic hydroxyl groups excluding tert-OH is 1. The van der Waals surface area contributed by atoms with Crippen LogP contribution in [0.25, 0.3) is 5.69 Å². The summed E-state index contributed by atoms with van der Waals surface area (Å²) < 4.78 is 2.50. The van der Waals surface area contributed by atoms with Crippen LogP contribution < -0.4 is 10.6 Å². The highest BCUT2D eigenvalue weighted by atomic mass is 35.5. The molecule has 1 aromatic carbocycles. The SMILES string of the molecule is CCNC(=NCc1cnn(-c2ccccc2)c1)NCC(O)c1ccc(Cl)s1. The Bertz CT molecular complexity index is 877. The smallest absolute Gasteiger partial charge is 0.191 e. The molecule has 0 fully saturated rings. The lowest BCUT2D eigenvalue weighted by Crippen LogP contribution is -2.39. The van der Waals surface area contributed by atoms with Crippen molar-refractivity contribution in [2.75, 3.05) is 13.1 Å². The third-order valence-corrected chi connectivity index (χ3v) is 5.14. The first kappa shape index (κ1) is 19.4. The van der Waals surface area contributed by atoms with E-state index in [1.54, 1.807) is 6.07 Å². The minimum atomic E-state index is -0.632. The van der Waals surface area contributed by atoms with Crippen LogP contribution >= 0.6 is 22.9 Å². The molecular weight excluding hydrogens is 382 g/mol. The van der Waals surface area contributed by atoms with E-state index in [0.29, 0.717) is 23.4 Å². The highest BCUT2D eigenvalue weighted by Crippen LogP contribution is 2.26. The van der Waals surface area contributed by atoms with Crippen molar-refractivity contribution in [2.24, 2.45) is 4.99 Å². The maximum Gasteiger partial charge on any atom is 0.191 e. The molecule has 2 aromatic heterocycles. The second-order valence-electron chi connectivity index (χ2n) is 5.86. The fourth-order valence-electron chi connectivity index (χ4n) is 2.48. The van der Waals surface area contributed by atoms with E-state index < -0.39 is 6.10 Å². The zero-order valence-corrected chi connectivity index (χ0v) is 16.5. The number of rotatable bonds is 7. The van der Waals surface area contributed by atoms with E-state index in [4.69, 9.17) is 11.6 Å². The molecule has 27 heavy (non-hydrogen) atoms. The molecule has 142 valence electrons. The number of para-hydroxylation sites is 1. The standard InChI is InChI=1S/C19H22ClN5OS/c1-2-21-19(23-12-16(26)17-8-9-18(20)27-17)22-10-14-11-24-25(13-14)15-6-4-3-5-7-15/h3-9,11,13,16,26H,2,10,12H2,1H3,(H2,21,22,23). The molecule has 2 heterocycles. The Kier molecular flexibility index (Phi) is 6.86. The van der Waals surface area contributed by atoms with Crippen molar-refractivity contribution < 1.29 is 5.11 Å². The number of guanidine groups is 1. The minimum absolute atomic E-state index is 0.353.